The predicted molar refractivity (Wildman–Crippen MR) is 121 cm³/mol. The number of carbonyl (C=O) groups is 1. The lowest BCUT2D eigenvalue weighted by Crippen LogP contribution is -2.43. The first-order valence-corrected chi connectivity index (χ1v) is 10.5. The maximum atomic E-state index is 13.6. The van der Waals surface area contributed by atoms with E-state index in [1.165, 1.54) is 0 Å². The van der Waals surface area contributed by atoms with Crippen LogP contribution in [0.4, 0.5) is 11.4 Å². The van der Waals surface area contributed by atoms with Gasteiger partial charge in [-0.1, -0.05) is 18.2 Å². The number of nitrogens with one attached hydrogen (secondary N) is 1. The van der Waals surface area contributed by atoms with Crippen LogP contribution < -0.4 is 29.2 Å². The molecule has 0 fully saturated rings. The molecule has 1 N–H and O–H groups in total. The number of benzene rings is 3. The fourth-order valence-electron chi connectivity index (χ4n) is 3.99. The minimum Gasteiger partial charge on any atom is -0.493 e. The zero-order chi connectivity index (χ0) is 22.2. The van der Waals surface area contributed by atoms with E-state index in [1.54, 1.807) is 12.0 Å². The molecule has 5 rings (SSSR count). The van der Waals surface area contributed by atoms with Gasteiger partial charge in [0.1, 0.15) is 6.17 Å². The summed E-state index contributed by atoms with van der Waals surface area (Å²) in [6.45, 7) is 4.10. The second kappa shape index (κ2) is 8.00. The summed E-state index contributed by atoms with van der Waals surface area (Å²) in [4.78, 5) is 15.4. The summed E-state index contributed by atoms with van der Waals surface area (Å²) < 4.78 is 22.4. The van der Waals surface area contributed by atoms with Crippen molar-refractivity contribution in [2.24, 2.45) is 0 Å². The summed E-state index contributed by atoms with van der Waals surface area (Å²) in [6.07, 6.45) is -0.444. The summed E-state index contributed by atoms with van der Waals surface area (Å²) in [5, 5.41) is 3.51. The van der Waals surface area contributed by atoms with Gasteiger partial charge in [0.25, 0.3) is 5.91 Å². The topological polar surface area (TPSA) is 69.3 Å². The number of hydrogen-bond acceptors (Lipinski definition) is 6. The number of ether oxygens (including phenoxy) is 4. The van der Waals surface area contributed by atoms with E-state index < -0.39 is 6.17 Å². The van der Waals surface area contributed by atoms with Gasteiger partial charge in [-0.05, 0) is 55.8 Å². The molecule has 0 aliphatic carbocycles. The molecule has 0 saturated carbocycles. The lowest BCUT2D eigenvalue weighted by molar-refractivity contribution is 0.0975. The number of amides is 1. The molecule has 0 bridgehead atoms. The number of rotatable bonds is 5. The SMILES string of the molecule is COc1cc(C2Nc3ccccc3C(=O)N2c2ccc3c(c2)OCO3)ccc1OC(C)C. The quantitative estimate of drug-likeness (QED) is 0.613. The fourth-order valence-corrected chi connectivity index (χ4v) is 3.99. The van der Waals surface area contributed by atoms with Crippen LogP contribution in [0.2, 0.25) is 0 Å². The molecule has 7 heteroatoms. The van der Waals surface area contributed by atoms with Gasteiger partial charge in [0, 0.05) is 11.8 Å². The Kier molecular flexibility index (Phi) is 5.01. The summed E-state index contributed by atoms with van der Waals surface area (Å²) in [5.41, 5.74) is 2.94. The number of anilines is 2. The minimum atomic E-state index is -0.459. The van der Waals surface area contributed by atoms with Crippen molar-refractivity contribution in [2.75, 3.05) is 24.1 Å². The number of fused-ring (bicyclic) bond motifs is 2. The van der Waals surface area contributed by atoms with Crippen LogP contribution in [0.3, 0.4) is 0 Å². The van der Waals surface area contributed by atoms with Crippen LogP contribution in [0.15, 0.2) is 60.7 Å². The van der Waals surface area contributed by atoms with Crippen LogP contribution in [0.25, 0.3) is 0 Å². The van der Waals surface area contributed by atoms with Crippen molar-refractivity contribution in [1.29, 1.82) is 0 Å². The number of carbonyl (C=O) groups excluding carboxylic acids is 1. The van der Waals surface area contributed by atoms with Gasteiger partial charge in [0.05, 0.1) is 24.5 Å². The van der Waals surface area contributed by atoms with Gasteiger partial charge >= 0.3 is 0 Å². The Morgan fingerprint density at radius 2 is 1.81 bits per heavy atom. The molecule has 2 heterocycles. The molecule has 7 nitrogen and oxygen atoms in total. The first kappa shape index (κ1) is 20.1. The van der Waals surface area contributed by atoms with Crippen LogP contribution in [-0.2, 0) is 0 Å². The monoisotopic (exact) mass is 432 g/mol. The number of para-hydroxylation sites is 1. The van der Waals surface area contributed by atoms with E-state index >= 15 is 0 Å². The van der Waals surface area contributed by atoms with E-state index in [2.05, 4.69) is 5.32 Å². The van der Waals surface area contributed by atoms with E-state index in [-0.39, 0.29) is 18.8 Å². The van der Waals surface area contributed by atoms with E-state index in [0.29, 0.717) is 34.2 Å². The molecule has 32 heavy (non-hydrogen) atoms. The van der Waals surface area contributed by atoms with Crippen LogP contribution in [-0.4, -0.2) is 25.9 Å². The molecule has 3 aromatic carbocycles. The van der Waals surface area contributed by atoms with Crippen molar-refractivity contribution in [1.82, 2.24) is 0 Å². The summed E-state index contributed by atoms with van der Waals surface area (Å²) in [6, 6.07) is 18.7. The first-order chi connectivity index (χ1) is 15.5. The molecule has 2 aliphatic rings. The molecule has 0 saturated heterocycles. The molecule has 1 amide bonds. The van der Waals surface area contributed by atoms with Crippen molar-refractivity contribution >= 4 is 17.3 Å². The van der Waals surface area contributed by atoms with Gasteiger partial charge in [0.15, 0.2) is 23.0 Å². The summed E-state index contributed by atoms with van der Waals surface area (Å²) in [7, 11) is 1.61. The molecular weight excluding hydrogens is 408 g/mol. The smallest absolute Gasteiger partial charge is 0.262 e. The number of nitrogens with zero attached hydrogens (tertiary/aromatic N) is 1. The Labute approximate surface area is 186 Å². The Morgan fingerprint density at radius 3 is 2.62 bits per heavy atom. The van der Waals surface area contributed by atoms with Gasteiger partial charge in [-0.25, -0.2) is 0 Å². The third kappa shape index (κ3) is 3.45. The maximum Gasteiger partial charge on any atom is 0.262 e. The number of methoxy groups -OCH3 is 1. The molecule has 164 valence electrons. The van der Waals surface area contributed by atoms with Crippen molar-refractivity contribution in [3.05, 3.63) is 71.8 Å². The highest BCUT2D eigenvalue weighted by Gasteiger charge is 2.35. The zero-order valence-electron chi connectivity index (χ0n) is 18.1. The molecular formula is C25H24N2O5. The van der Waals surface area contributed by atoms with Crippen LogP contribution in [0, 0.1) is 0 Å². The van der Waals surface area contributed by atoms with Crippen molar-refractivity contribution in [3.63, 3.8) is 0 Å². The zero-order valence-corrected chi connectivity index (χ0v) is 18.1. The molecule has 1 unspecified atom stereocenters. The van der Waals surface area contributed by atoms with Crippen LogP contribution in [0.5, 0.6) is 23.0 Å². The second-order valence-corrected chi connectivity index (χ2v) is 7.88. The average Bonchev–Trinajstić information content (AvgIpc) is 3.27. The fraction of sp³-hybridized carbons (Fsp3) is 0.240. The first-order valence-electron chi connectivity index (χ1n) is 10.5. The molecule has 2 aliphatic heterocycles. The van der Waals surface area contributed by atoms with Crippen molar-refractivity contribution in [2.45, 2.75) is 26.1 Å². The van der Waals surface area contributed by atoms with Gasteiger partial charge < -0.3 is 24.3 Å². The molecule has 0 aromatic heterocycles. The third-order valence-electron chi connectivity index (χ3n) is 5.43. The second-order valence-electron chi connectivity index (χ2n) is 7.88. The van der Waals surface area contributed by atoms with E-state index in [0.717, 1.165) is 11.3 Å². The Morgan fingerprint density at radius 1 is 1.00 bits per heavy atom. The third-order valence-corrected chi connectivity index (χ3v) is 5.43. The largest absolute Gasteiger partial charge is 0.493 e. The number of hydrogen-bond donors (Lipinski definition) is 1. The van der Waals surface area contributed by atoms with Gasteiger partial charge in [0.2, 0.25) is 6.79 Å². The van der Waals surface area contributed by atoms with Gasteiger partial charge in [-0.3, -0.25) is 9.69 Å². The normalized spacial score (nSPS) is 16.6. The van der Waals surface area contributed by atoms with Crippen molar-refractivity contribution in [3.8, 4) is 23.0 Å². The highest BCUT2D eigenvalue weighted by atomic mass is 16.7. The van der Waals surface area contributed by atoms with E-state index in [9.17, 15) is 4.79 Å². The Hall–Kier alpha value is -3.87. The van der Waals surface area contributed by atoms with E-state index in [1.807, 2.05) is 74.5 Å². The van der Waals surface area contributed by atoms with Crippen molar-refractivity contribution < 1.29 is 23.7 Å². The molecule has 0 spiro atoms. The van der Waals surface area contributed by atoms with E-state index in [4.69, 9.17) is 18.9 Å². The predicted octanol–water partition coefficient (Wildman–Crippen LogP) is 4.98. The molecule has 3 aromatic rings. The lowest BCUT2D eigenvalue weighted by Gasteiger charge is -2.38. The molecule has 0 radical (unpaired) electrons. The minimum absolute atomic E-state index is 0.0149. The summed E-state index contributed by atoms with van der Waals surface area (Å²) in [5.74, 6) is 2.44. The Bertz CT molecular complexity index is 1180. The van der Waals surface area contributed by atoms with Crippen LogP contribution in [0.1, 0.15) is 35.9 Å². The van der Waals surface area contributed by atoms with Crippen LogP contribution >= 0.6 is 0 Å². The standard InChI is InChI=1S/C25H24N2O5/c1-15(2)32-21-10-8-16(12-22(21)29-3)24-26-19-7-5-4-6-18(19)25(28)27(24)17-9-11-20-23(13-17)31-14-30-20/h4-13,15,24,26H,14H2,1-3H3. The lowest BCUT2D eigenvalue weighted by atomic mass is 10.0. The molecule has 1 atom stereocenters. The highest BCUT2D eigenvalue weighted by Crippen LogP contribution is 2.42. The highest BCUT2D eigenvalue weighted by molar-refractivity contribution is 6.12. The Balaban J connectivity index is 1.61. The summed E-state index contributed by atoms with van der Waals surface area (Å²) >= 11 is 0. The average molecular weight is 432 g/mol. The van der Waals surface area contributed by atoms with Gasteiger partial charge in [-0.15, -0.1) is 0 Å². The maximum absolute atomic E-state index is 13.6. The van der Waals surface area contributed by atoms with Gasteiger partial charge in [-0.2, -0.15) is 0 Å².